The van der Waals surface area contributed by atoms with Gasteiger partial charge in [0.1, 0.15) is 6.04 Å². The molecule has 13 nitrogen and oxygen atoms in total. The largest absolute Gasteiger partial charge is 0.480 e. The fourth-order valence-electron chi connectivity index (χ4n) is 5.07. The molecule has 3 aromatic rings. The maximum absolute atomic E-state index is 13.7. The Labute approximate surface area is 295 Å². The van der Waals surface area contributed by atoms with Crippen LogP contribution in [-0.2, 0) is 20.8 Å². The molecule has 0 unspecified atom stereocenters. The van der Waals surface area contributed by atoms with Gasteiger partial charge in [-0.3, -0.25) is 19.2 Å². The molecule has 1 aromatic heterocycles. The van der Waals surface area contributed by atoms with Crippen LogP contribution >= 0.6 is 23.4 Å². The predicted octanol–water partition coefficient (Wildman–Crippen LogP) is 4.96. The van der Waals surface area contributed by atoms with Crippen molar-refractivity contribution in [3.63, 3.8) is 0 Å². The molecule has 49 heavy (non-hydrogen) atoms. The minimum absolute atomic E-state index is 0.00575. The van der Waals surface area contributed by atoms with Crippen molar-refractivity contribution >= 4 is 70.0 Å². The molecule has 1 heterocycles. The molecular formula is C34H42ClN7O6S. The second kappa shape index (κ2) is 17.6. The summed E-state index contributed by atoms with van der Waals surface area (Å²) >= 11 is 7.38. The highest BCUT2D eigenvalue weighted by molar-refractivity contribution is 7.98. The molecule has 0 fully saturated rings. The fraction of sp³-hybridized carbons (Fsp3) is 0.382. The Balaban J connectivity index is 1.81. The van der Waals surface area contributed by atoms with Crippen LogP contribution in [0.5, 0.6) is 0 Å². The van der Waals surface area contributed by atoms with E-state index < -0.39 is 29.7 Å². The number of anilines is 3. The molecule has 15 heteroatoms. The molecule has 3 rings (SSSR count). The molecule has 0 saturated heterocycles. The smallest absolute Gasteiger partial charge is 0.326 e. The van der Waals surface area contributed by atoms with Crippen LogP contribution in [0.15, 0.2) is 53.8 Å². The van der Waals surface area contributed by atoms with Crippen LogP contribution in [0.4, 0.5) is 17.1 Å². The molecule has 0 aliphatic rings. The van der Waals surface area contributed by atoms with Crippen molar-refractivity contribution in [1.82, 2.24) is 20.2 Å². The number of carboxylic acids is 1. The third-order valence-corrected chi connectivity index (χ3v) is 8.34. The molecule has 4 amide bonds. The second-order valence-electron chi connectivity index (χ2n) is 11.8. The third kappa shape index (κ3) is 10.9. The van der Waals surface area contributed by atoms with E-state index in [1.807, 2.05) is 32.6 Å². The maximum Gasteiger partial charge on any atom is 0.326 e. The Morgan fingerprint density at radius 3 is 2.14 bits per heavy atom. The second-order valence-corrected chi connectivity index (χ2v) is 13.0. The van der Waals surface area contributed by atoms with Gasteiger partial charge in [0, 0.05) is 56.8 Å². The normalized spacial score (nSPS) is 11.6. The maximum atomic E-state index is 13.7. The summed E-state index contributed by atoms with van der Waals surface area (Å²) in [5.41, 5.74) is 2.00. The van der Waals surface area contributed by atoms with E-state index in [0.717, 1.165) is 0 Å². The van der Waals surface area contributed by atoms with Gasteiger partial charge in [-0.2, -0.15) is 0 Å². The number of nitrogens with one attached hydrogen (secondary N) is 3. The summed E-state index contributed by atoms with van der Waals surface area (Å²) in [5, 5.41) is 18.5. The zero-order chi connectivity index (χ0) is 36.4. The lowest BCUT2D eigenvalue weighted by Crippen LogP contribution is -2.44. The van der Waals surface area contributed by atoms with Crippen LogP contribution in [0.3, 0.4) is 0 Å². The summed E-state index contributed by atoms with van der Waals surface area (Å²) < 4.78 is 0. The zero-order valence-corrected chi connectivity index (χ0v) is 30.1. The van der Waals surface area contributed by atoms with Gasteiger partial charge in [0.2, 0.25) is 11.8 Å². The Morgan fingerprint density at radius 1 is 0.918 bits per heavy atom. The van der Waals surface area contributed by atoms with E-state index in [2.05, 4.69) is 25.9 Å². The van der Waals surface area contributed by atoms with Gasteiger partial charge in [0.25, 0.3) is 11.8 Å². The first-order chi connectivity index (χ1) is 23.1. The Kier molecular flexibility index (Phi) is 13.9. The number of thioether (sulfide) groups is 1. The number of benzene rings is 2. The molecule has 0 spiro atoms. The van der Waals surface area contributed by atoms with Crippen LogP contribution in [-0.4, -0.2) is 87.0 Å². The lowest BCUT2D eigenvalue weighted by atomic mass is 10.0. The quantitative estimate of drug-likeness (QED) is 0.125. The van der Waals surface area contributed by atoms with Crippen molar-refractivity contribution in [2.75, 3.05) is 34.9 Å². The van der Waals surface area contributed by atoms with Gasteiger partial charge in [-0.05, 0) is 69.8 Å². The van der Waals surface area contributed by atoms with Crippen LogP contribution in [0, 0.1) is 0 Å². The van der Waals surface area contributed by atoms with Gasteiger partial charge in [-0.25, -0.2) is 14.8 Å². The number of aromatic nitrogens is 2. The summed E-state index contributed by atoms with van der Waals surface area (Å²) in [7, 11) is 0. The Hall–Kier alpha value is -4.69. The first-order valence-corrected chi connectivity index (χ1v) is 17.2. The van der Waals surface area contributed by atoms with Crippen LogP contribution in [0.25, 0.3) is 0 Å². The van der Waals surface area contributed by atoms with Gasteiger partial charge in [0.05, 0.1) is 22.5 Å². The Morgan fingerprint density at radius 2 is 1.59 bits per heavy atom. The van der Waals surface area contributed by atoms with Crippen molar-refractivity contribution in [3.05, 3.63) is 70.5 Å². The van der Waals surface area contributed by atoms with Crippen LogP contribution in [0.2, 0.25) is 5.02 Å². The van der Waals surface area contributed by atoms with Gasteiger partial charge < -0.3 is 30.9 Å². The summed E-state index contributed by atoms with van der Waals surface area (Å²) in [4.78, 5) is 74.8. The highest BCUT2D eigenvalue weighted by Crippen LogP contribution is 2.26. The summed E-state index contributed by atoms with van der Waals surface area (Å²) in [6, 6.07) is 10.1. The monoisotopic (exact) mass is 711 g/mol. The van der Waals surface area contributed by atoms with E-state index >= 15 is 0 Å². The van der Waals surface area contributed by atoms with E-state index in [9.17, 15) is 29.1 Å². The molecule has 1 atom stereocenters. The summed E-state index contributed by atoms with van der Waals surface area (Å²) in [6.45, 7) is 11.6. The molecule has 262 valence electrons. The SMILES string of the molecule is CSc1ncc(Cl)c(C(=O)Nc2ccc(C[C@H](NC(=O)c3cc(N(CCN(C(C)=O)C(C)C)C(C)C)ccc3NC(C)=O)C(=O)O)cc2)n1. The average molecular weight is 712 g/mol. The van der Waals surface area contributed by atoms with Crippen molar-refractivity contribution in [2.45, 2.75) is 71.2 Å². The van der Waals surface area contributed by atoms with Crippen molar-refractivity contribution < 1.29 is 29.1 Å². The van der Waals surface area contributed by atoms with E-state index in [-0.39, 0.29) is 46.4 Å². The van der Waals surface area contributed by atoms with Crippen molar-refractivity contribution in [1.29, 1.82) is 0 Å². The number of carbonyl (C=O) groups excluding carboxylic acids is 4. The fourth-order valence-corrected chi connectivity index (χ4v) is 5.59. The number of halogens is 1. The molecule has 4 N–H and O–H groups in total. The van der Waals surface area contributed by atoms with Crippen LogP contribution < -0.4 is 20.9 Å². The highest BCUT2D eigenvalue weighted by atomic mass is 35.5. The summed E-state index contributed by atoms with van der Waals surface area (Å²) in [6.07, 6.45) is 3.07. The van der Waals surface area contributed by atoms with E-state index in [4.69, 9.17) is 11.6 Å². The number of hydrogen-bond acceptors (Lipinski definition) is 9. The predicted molar refractivity (Wildman–Crippen MR) is 192 cm³/mol. The number of aliphatic carboxylic acids is 1. The third-order valence-electron chi connectivity index (χ3n) is 7.50. The minimum Gasteiger partial charge on any atom is -0.480 e. The molecule has 2 aromatic carbocycles. The average Bonchev–Trinajstić information content (AvgIpc) is 3.03. The molecule has 0 aliphatic heterocycles. The molecule has 0 radical (unpaired) electrons. The van der Waals surface area contributed by atoms with Gasteiger partial charge in [0.15, 0.2) is 10.9 Å². The molecular weight excluding hydrogens is 670 g/mol. The highest BCUT2D eigenvalue weighted by Gasteiger charge is 2.25. The van der Waals surface area contributed by atoms with E-state index in [1.165, 1.54) is 31.8 Å². The molecule has 0 aliphatic carbocycles. The minimum atomic E-state index is -1.32. The van der Waals surface area contributed by atoms with Gasteiger partial charge >= 0.3 is 5.97 Å². The number of rotatable bonds is 15. The number of carboxylic acid groups (broad SMARTS) is 1. The first kappa shape index (κ1) is 38.8. The van der Waals surface area contributed by atoms with Crippen molar-refractivity contribution in [3.8, 4) is 0 Å². The van der Waals surface area contributed by atoms with Gasteiger partial charge in [-0.15, -0.1) is 0 Å². The molecule has 0 saturated carbocycles. The Bertz CT molecular complexity index is 1690. The van der Waals surface area contributed by atoms with Crippen molar-refractivity contribution in [2.24, 2.45) is 0 Å². The number of nitrogens with zero attached hydrogens (tertiary/aromatic N) is 4. The summed E-state index contributed by atoms with van der Waals surface area (Å²) in [5.74, 6) is -2.92. The van der Waals surface area contributed by atoms with Crippen LogP contribution in [0.1, 0.15) is 68.0 Å². The number of amides is 4. The van der Waals surface area contributed by atoms with Gasteiger partial charge in [-0.1, -0.05) is 35.5 Å². The first-order valence-electron chi connectivity index (χ1n) is 15.6. The number of hydrogen-bond donors (Lipinski definition) is 4. The number of carbonyl (C=O) groups is 5. The topological polar surface area (TPSA) is 174 Å². The molecule has 0 bridgehead atoms. The standard InChI is InChI=1S/C34H42ClN7O6S/c1-19(2)41(22(6)44)14-15-42(20(3)4)25-12-13-28(37-21(5)43)26(17-25)31(45)39-29(33(47)48)16-23-8-10-24(11-9-23)38-32(46)30-27(35)18-36-34(40-30)49-7/h8-13,17-20,29H,14-16H2,1-7H3,(H,37,43)(H,38,46)(H,39,45)(H,47,48)/t29-/m0/s1. The van der Waals surface area contributed by atoms with E-state index in [0.29, 0.717) is 35.2 Å². The lowest BCUT2D eigenvalue weighted by Gasteiger charge is -2.33. The zero-order valence-electron chi connectivity index (χ0n) is 28.5. The lowest BCUT2D eigenvalue weighted by molar-refractivity contribution is -0.139. The van der Waals surface area contributed by atoms with E-state index in [1.54, 1.807) is 53.6 Å².